The van der Waals surface area contributed by atoms with Gasteiger partial charge < -0.3 is 14.6 Å². The number of benzene rings is 1. The van der Waals surface area contributed by atoms with Crippen molar-refractivity contribution in [3.63, 3.8) is 0 Å². The van der Waals surface area contributed by atoms with Gasteiger partial charge in [0.1, 0.15) is 5.60 Å². The number of aliphatic hydroxyl groups is 1. The smallest absolute Gasteiger partial charge is 0.338 e. The Labute approximate surface area is 120 Å². The first kappa shape index (κ1) is 16.7. The van der Waals surface area contributed by atoms with Crippen molar-refractivity contribution < 1.29 is 19.4 Å². The summed E-state index contributed by atoms with van der Waals surface area (Å²) >= 11 is 0. The zero-order valence-electron chi connectivity index (χ0n) is 12.7. The molecule has 1 rings (SSSR count). The molecule has 0 bridgehead atoms. The number of rotatable bonds is 6. The van der Waals surface area contributed by atoms with E-state index < -0.39 is 17.2 Å². The van der Waals surface area contributed by atoms with Crippen molar-refractivity contribution in [2.24, 2.45) is 0 Å². The van der Waals surface area contributed by atoms with Crippen molar-refractivity contribution in [3.8, 4) is 0 Å². The Morgan fingerprint density at radius 1 is 1.15 bits per heavy atom. The average molecular weight is 280 g/mol. The molecule has 0 amide bonds. The first-order valence-corrected chi connectivity index (χ1v) is 6.79. The normalized spacial score (nSPS) is 14.7. The molecule has 4 nitrogen and oxygen atoms in total. The third-order valence-corrected chi connectivity index (χ3v) is 2.73. The minimum atomic E-state index is -1.10. The molecule has 0 fully saturated rings. The highest BCUT2D eigenvalue weighted by Crippen LogP contribution is 2.22. The third kappa shape index (κ3) is 5.31. The van der Waals surface area contributed by atoms with Gasteiger partial charge in [0.25, 0.3) is 0 Å². The predicted molar refractivity (Wildman–Crippen MR) is 77.4 cm³/mol. The van der Waals surface area contributed by atoms with Gasteiger partial charge in [0, 0.05) is 6.42 Å². The van der Waals surface area contributed by atoms with E-state index in [1.807, 2.05) is 51.1 Å². The van der Waals surface area contributed by atoms with Crippen LogP contribution in [0, 0.1) is 0 Å². The summed E-state index contributed by atoms with van der Waals surface area (Å²) in [6.07, 6.45) is 0.406. The van der Waals surface area contributed by atoms with Crippen LogP contribution in [0.3, 0.4) is 0 Å². The molecule has 0 heterocycles. The zero-order valence-corrected chi connectivity index (χ0v) is 12.7. The molecule has 1 aromatic carbocycles. The summed E-state index contributed by atoms with van der Waals surface area (Å²) < 4.78 is 11.0. The van der Waals surface area contributed by atoms with E-state index >= 15 is 0 Å². The lowest BCUT2D eigenvalue weighted by Crippen LogP contribution is -2.45. The molecule has 0 radical (unpaired) electrons. The summed E-state index contributed by atoms with van der Waals surface area (Å²) in [6, 6.07) is 9.62. The molecular formula is C16H24O4. The summed E-state index contributed by atoms with van der Waals surface area (Å²) in [5.41, 5.74) is -0.687. The van der Waals surface area contributed by atoms with E-state index in [1.54, 1.807) is 6.92 Å². The van der Waals surface area contributed by atoms with E-state index in [0.29, 0.717) is 6.42 Å². The maximum atomic E-state index is 12.4. The van der Waals surface area contributed by atoms with Gasteiger partial charge >= 0.3 is 5.97 Å². The highest BCUT2D eigenvalue weighted by Gasteiger charge is 2.38. The molecule has 0 aliphatic carbocycles. The van der Waals surface area contributed by atoms with Crippen molar-refractivity contribution in [2.45, 2.75) is 45.3 Å². The number of esters is 1. The number of aliphatic hydroxyl groups excluding tert-OH is 1. The quantitative estimate of drug-likeness (QED) is 0.813. The Morgan fingerprint density at radius 2 is 1.75 bits per heavy atom. The Kier molecular flexibility index (Phi) is 5.72. The van der Waals surface area contributed by atoms with Crippen molar-refractivity contribution in [2.75, 3.05) is 13.2 Å². The molecule has 0 saturated carbocycles. The number of carbonyl (C=O) groups is 1. The SMILES string of the molecule is CC(C)(C)OC(=O)C(C)(Cc1ccccc1)OCCO. The van der Waals surface area contributed by atoms with Crippen LogP contribution in [-0.2, 0) is 20.7 Å². The Bertz CT molecular complexity index is 422. The van der Waals surface area contributed by atoms with E-state index in [4.69, 9.17) is 14.6 Å². The van der Waals surface area contributed by atoms with Crippen LogP contribution in [0.25, 0.3) is 0 Å². The first-order valence-electron chi connectivity index (χ1n) is 6.79. The van der Waals surface area contributed by atoms with Crippen LogP contribution in [-0.4, -0.2) is 35.5 Å². The van der Waals surface area contributed by atoms with Crippen LogP contribution in [0.2, 0.25) is 0 Å². The molecule has 0 aliphatic heterocycles. The topological polar surface area (TPSA) is 55.8 Å². The minimum Gasteiger partial charge on any atom is -0.458 e. The van der Waals surface area contributed by atoms with Crippen molar-refractivity contribution in [1.29, 1.82) is 0 Å². The van der Waals surface area contributed by atoms with Gasteiger partial charge in [-0.15, -0.1) is 0 Å². The van der Waals surface area contributed by atoms with Gasteiger partial charge in [-0.25, -0.2) is 4.79 Å². The van der Waals surface area contributed by atoms with Crippen LogP contribution < -0.4 is 0 Å². The minimum absolute atomic E-state index is 0.0998. The van der Waals surface area contributed by atoms with E-state index in [9.17, 15) is 4.79 Å². The van der Waals surface area contributed by atoms with Crippen molar-refractivity contribution in [3.05, 3.63) is 35.9 Å². The number of hydrogen-bond donors (Lipinski definition) is 1. The lowest BCUT2D eigenvalue weighted by molar-refractivity contribution is -0.182. The highest BCUT2D eigenvalue weighted by molar-refractivity contribution is 5.80. The standard InChI is InChI=1S/C16H24O4/c1-15(2,3)20-14(18)16(4,19-11-10-17)12-13-8-6-5-7-9-13/h5-9,17H,10-12H2,1-4H3. The molecule has 1 atom stereocenters. The second-order valence-corrected chi connectivity index (χ2v) is 5.97. The molecule has 1 N–H and O–H groups in total. The molecule has 20 heavy (non-hydrogen) atoms. The van der Waals surface area contributed by atoms with Crippen LogP contribution >= 0.6 is 0 Å². The molecule has 4 heteroatoms. The fourth-order valence-electron chi connectivity index (χ4n) is 1.82. The Balaban J connectivity index is 2.88. The number of hydrogen-bond acceptors (Lipinski definition) is 4. The van der Waals surface area contributed by atoms with Gasteiger partial charge in [-0.05, 0) is 33.3 Å². The van der Waals surface area contributed by atoms with Crippen LogP contribution in [0.5, 0.6) is 0 Å². The molecule has 112 valence electrons. The largest absolute Gasteiger partial charge is 0.458 e. The molecule has 1 aromatic rings. The summed E-state index contributed by atoms with van der Waals surface area (Å²) in [7, 11) is 0. The van der Waals surface area contributed by atoms with Crippen LogP contribution in [0.15, 0.2) is 30.3 Å². The van der Waals surface area contributed by atoms with E-state index in [-0.39, 0.29) is 13.2 Å². The van der Waals surface area contributed by atoms with Gasteiger partial charge in [0.15, 0.2) is 5.60 Å². The Hall–Kier alpha value is -1.39. The van der Waals surface area contributed by atoms with Crippen LogP contribution in [0.4, 0.5) is 0 Å². The lowest BCUT2D eigenvalue weighted by atomic mass is 9.96. The molecular weight excluding hydrogens is 256 g/mol. The number of carbonyl (C=O) groups excluding carboxylic acids is 1. The van der Waals surface area contributed by atoms with E-state index in [1.165, 1.54) is 0 Å². The van der Waals surface area contributed by atoms with E-state index in [2.05, 4.69) is 0 Å². The number of ether oxygens (including phenoxy) is 2. The summed E-state index contributed by atoms with van der Waals surface area (Å²) in [5.74, 6) is -0.415. The van der Waals surface area contributed by atoms with Gasteiger partial charge in [0.2, 0.25) is 0 Å². The summed E-state index contributed by atoms with van der Waals surface area (Å²) in [5, 5.41) is 8.93. The second kappa shape index (κ2) is 6.86. The fraction of sp³-hybridized carbons (Fsp3) is 0.562. The van der Waals surface area contributed by atoms with Crippen molar-refractivity contribution in [1.82, 2.24) is 0 Å². The average Bonchev–Trinajstić information content (AvgIpc) is 2.35. The van der Waals surface area contributed by atoms with Crippen LogP contribution in [0.1, 0.15) is 33.3 Å². The maximum absolute atomic E-state index is 12.4. The van der Waals surface area contributed by atoms with Gasteiger partial charge in [-0.2, -0.15) is 0 Å². The highest BCUT2D eigenvalue weighted by atomic mass is 16.6. The van der Waals surface area contributed by atoms with Gasteiger partial charge in [0.05, 0.1) is 13.2 Å². The fourth-order valence-corrected chi connectivity index (χ4v) is 1.82. The zero-order chi connectivity index (χ0) is 15.2. The monoisotopic (exact) mass is 280 g/mol. The lowest BCUT2D eigenvalue weighted by Gasteiger charge is -2.31. The van der Waals surface area contributed by atoms with Crippen molar-refractivity contribution >= 4 is 5.97 Å². The first-order chi connectivity index (χ1) is 9.27. The summed E-state index contributed by atoms with van der Waals surface area (Å²) in [6.45, 7) is 7.12. The second-order valence-electron chi connectivity index (χ2n) is 5.97. The summed E-state index contributed by atoms with van der Waals surface area (Å²) in [4.78, 5) is 12.4. The molecule has 1 unspecified atom stereocenters. The molecule has 0 aromatic heterocycles. The third-order valence-electron chi connectivity index (χ3n) is 2.73. The van der Waals surface area contributed by atoms with E-state index in [0.717, 1.165) is 5.56 Å². The maximum Gasteiger partial charge on any atom is 0.338 e. The Morgan fingerprint density at radius 3 is 2.25 bits per heavy atom. The molecule has 0 saturated heterocycles. The predicted octanol–water partition coefficient (Wildman–Crippen LogP) is 2.34. The van der Waals surface area contributed by atoms with Gasteiger partial charge in [-0.1, -0.05) is 30.3 Å². The molecule has 0 spiro atoms. The molecule has 0 aliphatic rings. The van der Waals surface area contributed by atoms with Gasteiger partial charge in [-0.3, -0.25) is 0 Å².